The summed E-state index contributed by atoms with van der Waals surface area (Å²) in [4.78, 5) is 12.3. The molecule has 0 radical (unpaired) electrons. The van der Waals surface area contributed by atoms with Crippen molar-refractivity contribution in [3.63, 3.8) is 0 Å². The van der Waals surface area contributed by atoms with Crippen LogP contribution in [0.5, 0.6) is 0 Å². The molecule has 2 N–H and O–H groups in total. The van der Waals surface area contributed by atoms with E-state index in [1.165, 1.54) is 0 Å². The molecule has 1 amide bonds. The Balaban J connectivity index is 2.25. The van der Waals surface area contributed by atoms with E-state index in [2.05, 4.69) is 5.32 Å². The lowest BCUT2D eigenvalue weighted by molar-refractivity contribution is -0.132. The lowest BCUT2D eigenvalue weighted by Crippen LogP contribution is -2.59. The van der Waals surface area contributed by atoms with E-state index in [-0.39, 0.29) is 10.7 Å². The molecule has 1 heterocycles. The zero-order chi connectivity index (χ0) is 13.2. The Morgan fingerprint density at radius 1 is 1.28 bits per heavy atom. The minimum atomic E-state index is -1.24. The second-order valence-corrected chi connectivity index (χ2v) is 6.03. The molecule has 0 saturated carbocycles. The van der Waals surface area contributed by atoms with Crippen LogP contribution in [-0.2, 0) is 10.5 Å². The molecule has 0 bridgehead atoms. The van der Waals surface area contributed by atoms with E-state index in [9.17, 15) is 9.90 Å². The van der Waals surface area contributed by atoms with Crippen LogP contribution in [0.25, 0.3) is 0 Å². The van der Waals surface area contributed by atoms with Gasteiger partial charge in [-0.15, -0.1) is 11.8 Å². The first-order valence-corrected chi connectivity index (χ1v) is 7.29. The monoisotopic (exact) mass is 265 g/mol. The highest BCUT2D eigenvalue weighted by Crippen LogP contribution is 2.41. The second kappa shape index (κ2) is 4.94. The highest BCUT2D eigenvalue weighted by Gasteiger charge is 2.47. The molecule has 1 atom stereocenters. The molecule has 1 fully saturated rings. The summed E-state index contributed by atoms with van der Waals surface area (Å²) in [5.74, 6) is 0.430. The molecule has 2 rings (SSSR count). The molecule has 0 spiro atoms. The number of rotatable bonds is 3. The highest BCUT2D eigenvalue weighted by molar-refractivity contribution is 8.01. The summed E-state index contributed by atoms with van der Waals surface area (Å²) in [6, 6.07) is 9.31. The lowest BCUT2D eigenvalue weighted by Gasteiger charge is -2.42. The van der Waals surface area contributed by atoms with E-state index in [4.69, 9.17) is 0 Å². The SMILES string of the molecule is CCC1(CC)SCC(O)(c2ccccc2)NC1=O. The van der Waals surface area contributed by atoms with Crippen molar-refractivity contribution >= 4 is 17.7 Å². The lowest BCUT2D eigenvalue weighted by atomic mass is 9.97. The van der Waals surface area contributed by atoms with Crippen molar-refractivity contribution in [1.29, 1.82) is 0 Å². The number of benzene rings is 1. The first kappa shape index (κ1) is 13.4. The molecule has 1 aliphatic rings. The Hall–Kier alpha value is -1.00. The predicted octanol–water partition coefficient (Wildman–Crippen LogP) is 2.25. The molecule has 98 valence electrons. The van der Waals surface area contributed by atoms with Crippen LogP contribution in [0.4, 0.5) is 0 Å². The smallest absolute Gasteiger partial charge is 0.238 e. The van der Waals surface area contributed by atoms with Gasteiger partial charge < -0.3 is 10.4 Å². The Morgan fingerprint density at radius 2 is 1.89 bits per heavy atom. The maximum atomic E-state index is 12.3. The molecule has 1 unspecified atom stereocenters. The summed E-state index contributed by atoms with van der Waals surface area (Å²) in [5.41, 5.74) is -0.497. The summed E-state index contributed by atoms with van der Waals surface area (Å²) >= 11 is 1.56. The Bertz CT molecular complexity index is 431. The number of carbonyl (C=O) groups is 1. The average molecular weight is 265 g/mol. The normalized spacial score (nSPS) is 26.7. The zero-order valence-electron chi connectivity index (χ0n) is 10.8. The Morgan fingerprint density at radius 3 is 2.39 bits per heavy atom. The maximum absolute atomic E-state index is 12.3. The van der Waals surface area contributed by atoms with Crippen molar-refractivity contribution in [2.45, 2.75) is 37.2 Å². The molecule has 3 nitrogen and oxygen atoms in total. The summed E-state index contributed by atoms with van der Waals surface area (Å²) in [6.07, 6.45) is 1.57. The number of nitrogens with one attached hydrogen (secondary N) is 1. The maximum Gasteiger partial charge on any atom is 0.238 e. The van der Waals surface area contributed by atoms with Gasteiger partial charge >= 0.3 is 0 Å². The van der Waals surface area contributed by atoms with E-state index < -0.39 is 5.72 Å². The van der Waals surface area contributed by atoms with Gasteiger partial charge in [-0.2, -0.15) is 0 Å². The minimum Gasteiger partial charge on any atom is -0.366 e. The number of carbonyl (C=O) groups excluding carboxylic acids is 1. The molecule has 1 aromatic rings. The number of hydrogen-bond acceptors (Lipinski definition) is 3. The summed E-state index contributed by atoms with van der Waals surface area (Å²) < 4.78 is -0.388. The molecule has 18 heavy (non-hydrogen) atoms. The number of thioether (sulfide) groups is 1. The number of aliphatic hydroxyl groups is 1. The fraction of sp³-hybridized carbons (Fsp3) is 0.500. The van der Waals surface area contributed by atoms with Crippen molar-refractivity contribution in [2.24, 2.45) is 0 Å². The zero-order valence-corrected chi connectivity index (χ0v) is 11.6. The highest BCUT2D eigenvalue weighted by atomic mass is 32.2. The summed E-state index contributed by atoms with van der Waals surface area (Å²) in [6.45, 7) is 4.03. The molecule has 1 saturated heterocycles. The van der Waals surface area contributed by atoms with Crippen molar-refractivity contribution in [3.05, 3.63) is 35.9 Å². The van der Waals surface area contributed by atoms with Gasteiger partial charge in [0.05, 0.1) is 4.75 Å². The van der Waals surface area contributed by atoms with E-state index in [0.717, 1.165) is 18.4 Å². The van der Waals surface area contributed by atoms with E-state index in [1.807, 2.05) is 44.2 Å². The minimum absolute atomic E-state index is 0.0601. The van der Waals surface area contributed by atoms with Gasteiger partial charge in [-0.1, -0.05) is 44.2 Å². The molecule has 1 aromatic carbocycles. The van der Waals surface area contributed by atoms with E-state index >= 15 is 0 Å². The van der Waals surface area contributed by atoms with Gasteiger partial charge in [0, 0.05) is 11.3 Å². The van der Waals surface area contributed by atoms with Gasteiger partial charge in [-0.25, -0.2) is 0 Å². The Labute approximate surface area is 112 Å². The van der Waals surface area contributed by atoms with Gasteiger partial charge in [-0.3, -0.25) is 4.79 Å². The van der Waals surface area contributed by atoms with E-state index in [1.54, 1.807) is 11.8 Å². The van der Waals surface area contributed by atoms with E-state index in [0.29, 0.717) is 5.75 Å². The largest absolute Gasteiger partial charge is 0.366 e. The molecular formula is C14H19NO2S. The van der Waals surface area contributed by atoms with Crippen LogP contribution in [-0.4, -0.2) is 21.5 Å². The summed E-state index contributed by atoms with van der Waals surface area (Å²) in [7, 11) is 0. The van der Waals surface area contributed by atoms with Crippen LogP contribution in [0, 0.1) is 0 Å². The quantitative estimate of drug-likeness (QED) is 0.881. The standard InChI is InChI=1S/C14H19NO2S/c1-3-13(4-2)12(16)15-14(17,10-18-13)11-8-6-5-7-9-11/h5-9,17H,3-4,10H2,1-2H3,(H,15,16). The van der Waals surface area contributed by atoms with Gasteiger partial charge in [0.2, 0.25) is 5.91 Å². The molecule has 4 heteroatoms. The van der Waals surface area contributed by atoms with Crippen molar-refractivity contribution < 1.29 is 9.90 Å². The first-order valence-electron chi connectivity index (χ1n) is 6.31. The third kappa shape index (κ3) is 2.15. The molecule has 0 aromatic heterocycles. The first-order chi connectivity index (χ1) is 8.56. The second-order valence-electron chi connectivity index (χ2n) is 4.67. The van der Waals surface area contributed by atoms with Crippen LogP contribution < -0.4 is 5.32 Å². The van der Waals surface area contributed by atoms with Crippen molar-refractivity contribution in [1.82, 2.24) is 5.32 Å². The van der Waals surface area contributed by atoms with Crippen LogP contribution in [0.1, 0.15) is 32.3 Å². The van der Waals surface area contributed by atoms with Gasteiger partial charge in [0.15, 0.2) is 5.72 Å². The third-order valence-electron chi connectivity index (χ3n) is 3.69. The molecule has 0 aliphatic carbocycles. The van der Waals surface area contributed by atoms with Crippen LogP contribution in [0.2, 0.25) is 0 Å². The average Bonchev–Trinajstić information content (AvgIpc) is 2.41. The fourth-order valence-corrected chi connectivity index (χ4v) is 3.60. The Kier molecular flexibility index (Phi) is 3.69. The number of amides is 1. The van der Waals surface area contributed by atoms with Crippen molar-refractivity contribution in [3.8, 4) is 0 Å². The van der Waals surface area contributed by atoms with Crippen molar-refractivity contribution in [2.75, 3.05) is 5.75 Å². The van der Waals surface area contributed by atoms with Crippen LogP contribution >= 0.6 is 11.8 Å². The van der Waals surface area contributed by atoms with Crippen LogP contribution in [0.3, 0.4) is 0 Å². The van der Waals surface area contributed by atoms with Gasteiger partial charge in [0.1, 0.15) is 0 Å². The molecular weight excluding hydrogens is 246 g/mol. The third-order valence-corrected chi connectivity index (χ3v) is 5.56. The van der Waals surface area contributed by atoms with Gasteiger partial charge in [-0.05, 0) is 12.8 Å². The van der Waals surface area contributed by atoms with Crippen LogP contribution in [0.15, 0.2) is 30.3 Å². The topological polar surface area (TPSA) is 49.3 Å². The molecule has 1 aliphatic heterocycles. The van der Waals surface area contributed by atoms with Gasteiger partial charge in [0.25, 0.3) is 0 Å². The number of hydrogen-bond donors (Lipinski definition) is 2. The predicted molar refractivity (Wildman–Crippen MR) is 74.3 cm³/mol. The fourth-order valence-electron chi connectivity index (χ4n) is 2.29. The summed E-state index contributed by atoms with van der Waals surface area (Å²) in [5, 5.41) is 13.4.